The molecule has 0 fully saturated rings. The molecule has 1 N–H and O–H groups in total. The number of para-hydroxylation sites is 1. The summed E-state index contributed by atoms with van der Waals surface area (Å²) in [5.74, 6) is 0. The molecule has 0 saturated heterocycles. The fourth-order valence-electron chi connectivity index (χ4n) is 12.9. The highest BCUT2D eigenvalue weighted by Crippen LogP contribution is 2.52. The second-order valence-corrected chi connectivity index (χ2v) is 23.2. The van der Waals surface area contributed by atoms with Crippen molar-refractivity contribution in [3.8, 4) is 27.9 Å². The van der Waals surface area contributed by atoms with E-state index in [1.54, 1.807) is 0 Å². The van der Waals surface area contributed by atoms with E-state index in [0.29, 0.717) is 0 Å². The highest BCUT2D eigenvalue weighted by atomic mass is 16.3. The molecule has 2 aliphatic carbocycles. The number of benzene rings is 8. The van der Waals surface area contributed by atoms with Gasteiger partial charge in [0, 0.05) is 66.3 Å². The van der Waals surface area contributed by atoms with E-state index in [1.807, 2.05) is 0 Å². The first-order valence-electron chi connectivity index (χ1n) is 24.7. The zero-order valence-electron chi connectivity index (χ0n) is 40.6. The topological polar surface area (TPSA) is 43.2 Å². The van der Waals surface area contributed by atoms with Crippen LogP contribution in [0.25, 0.3) is 93.6 Å². The second kappa shape index (κ2) is 13.2. The number of fused-ring (bicyclic) bond motifs is 16. The zero-order chi connectivity index (χ0) is 46.4. The van der Waals surface area contributed by atoms with Crippen LogP contribution in [0.2, 0.25) is 0 Å². The van der Waals surface area contributed by atoms with Crippen molar-refractivity contribution in [2.45, 2.75) is 96.8 Å². The Balaban J connectivity index is 1.07. The molecule has 0 bridgehead atoms. The Labute approximate surface area is 398 Å². The monoisotopic (exact) mass is 882 g/mol. The van der Waals surface area contributed by atoms with E-state index in [1.165, 1.54) is 99.3 Å². The molecule has 14 rings (SSSR count). The normalized spacial score (nSPS) is 16.4. The third kappa shape index (κ3) is 5.39. The molecule has 5 heteroatoms. The maximum absolute atomic E-state index is 6.96. The Morgan fingerprint density at radius 2 is 1.24 bits per heavy atom. The van der Waals surface area contributed by atoms with Gasteiger partial charge in [-0.2, -0.15) is 0 Å². The van der Waals surface area contributed by atoms with Gasteiger partial charge in [0.1, 0.15) is 22.3 Å². The lowest BCUT2D eigenvalue weighted by Gasteiger charge is -2.41. The maximum Gasteiger partial charge on any atom is 0.198 e. The fraction of sp³-hybridized carbons (Fsp3) is 0.238. The standard InChI is InChI=1S/C63H55BN2O2/c1-60(2,3)34-18-20-35(21-19-34)65-49-33-55-42(43-29-46-47(32-54(43)68-55)62(6,7)27-26-61(46,4)5)28-41(49)37-22-23-39-56-50(24-25-53-57(56)38-15-11-13-17-52(38)67-53)66-51-30-40-36-14-10-12-16-44(36)63(8,9)45(40)31-48(51)64-58(37)59(39)66/h10-25,28-33,64-65H,26-27H2,1-9H3. The van der Waals surface area contributed by atoms with Crippen LogP contribution in [0.4, 0.5) is 11.4 Å². The number of furan rings is 2. The molecule has 3 aromatic heterocycles. The van der Waals surface area contributed by atoms with Gasteiger partial charge in [-0.15, -0.1) is 0 Å². The van der Waals surface area contributed by atoms with E-state index in [4.69, 9.17) is 8.83 Å². The van der Waals surface area contributed by atoms with Crippen molar-refractivity contribution >= 4 is 95.3 Å². The molecule has 4 heterocycles. The van der Waals surface area contributed by atoms with Crippen molar-refractivity contribution in [2.24, 2.45) is 0 Å². The average molecular weight is 883 g/mol. The third-order valence-corrected chi connectivity index (χ3v) is 16.8. The Kier molecular flexibility index (Phi) is 7.77. The highest BCUT2D eigenvalue weighted by molar-refractivity contribution is 6.73. The van der Waals surface area contributed by atoms with E-state index in [9.17, 15) is 0 Å². The molecule has 68 heavy (non-hydrogen) atoms. The average Bonchev–Trinajstić information content (AvgIpc) is 4.03. The molecular weight excluding hydrogens is 828 g/mol. The number of rotatable bonds is 3. The number of hydrogen-bond acceptors (Lipinski definition) is 3. The second-order valence-electron chi connectivity index (χ2n) is 23.2. The zero-order valence-corrected chi connectivity index (χ0v) is 40.6. The summed E-state index contributed by atoms with van der Waals surface area (Å²) >= 11 is 0. The molecule has 0 unspecified atom stereocenters. The van der Waals surface area contributed by atoms with Crippen molar-refractivity contribution in [2.75, 3.05) is 5.32 Å². The van der Waals surface area contributed by atoms with Crippen LogP contribution in [0.3, 0.4) is 0 Å². The number of nitrogens with one attached hydrogen (secondary N) is 1. The summed E-state index contributed by atoms with van der Waals surface area (Å²) in [4.78, 5) is 0. The first kappa shape index (κ1) is 40.1. The van der Waals surface area contributed by atoms with Crippen molar-refractivity contribution in [1.82, 2.24) is 4.57 Å². The Morgan fingerprint density at radius 3 is 2.03 bits per heavy atom. The number of anilines is 2. The molecule has 8 aromatic carbocycles. The fourth-order valence-corrected chi connectivity index (χ4v) is 12.9. The van der Waals surface area contributed by atoms with Gasteiger partial charge in [0.2, 0.25) is 0 Å². The molecule has 3 aliphatic rings. The minimum absolute atomic E-state index is 0.0540. The van der Waals surface area contributed by atoms with Crippen LogP contribution in [0.15, 0.2) is 142 Å². The van der Waals surface area contributed by atoms with E-state index in [0.717, 1.165) is 64.6 Å². The summed E-state index contributed by atoms with van der Waals surface area (Å²) in [6.45, 7) is 21.2. The highest BCUT2D eigenvalue weighted by Gasteiger charge is 2.40. The van der Waals surface area contributed by atoms with Crippen LogP contribution in [-0.2, 0) is 21.7 Å². The van der Waals surface area contributed by atoms with Gasteiger partial charge < -0.3 is 18.7 Å². The smallest absolute Gasteiger partial charge is 0.198 e. The Bertz CT molecular complexity index is 4030. The number of aromatic nitrogens is 1. The van der Waals surface area contributed by atoms with Gasteiger partial charge in [-0.25, -0.2) is 0 Å². The minimum Gasteiger partial charge on any atom is -0.456 e. The lowest BCUT2D eigenvalue weighted by Crippen LogP contribution is -2.38. The van der Waals surface area contributed by atoms with E-state index in [-0.39, 0.29) is 21.7 Å². The summed E-state index contributed by atoms with van der Waals surface area (Å²) < 4.78 is 16.1. The summed E-state index contributed by atoms with van der Waals surface area (Å²) in [7, 11) is 0.800. The summed E-state index contributed by atoms with van der Waals surface area (Å²) in [5.41, 5.74) is 24.3. The summed E-state index contributed by atoms with van der Waals surface area (Å²) in [6, 6.07) is 50.4. The van der Waals surface area contributed by atoms with E-state index >= 15 is 0 Å². The van der Waals surface area contributed by atoms with E-state index < -0.39 is 0 Å². The van der Waals surface area contributed by atoms with Gasteiger partial charge in [-0.3, -0.25) is 0 Å². The van der Waals surface area contributed by atoms with E-state index in [2.05, 4.69) is 206 Å². The SMILES string of the molecule is CC(C)(C)c1ccc(Nc2cc3oc4cc5c(cc4c3cc2-c2ccc3c4c6c(ccc4n4c3c2Bc2cc3c(cc2-4)-c2ccccc2C3(C)C)oc2ccccc26)C(C)(C)CCC5(C)C)cc1. The molecule has 11 aromatic rings. The van der Waals surface area contributed by atoms with Gasteiger partial charge in [-0.05, 0) is 134 Å². The van der Waals surface area contributed by atoms with Crippen molar-refractivity contribution in [3.63, 3.8) is 0 Å². The quantitative estimate of drug-likeness (QED) is 0.180. The molecule has 0 radical (unpaired) electrons. The van der Waals surface area contributed by atoms with Crippen LogP contribution in [0.1, 0.15) is 103 Å². The molecule has 0 spiro atoms. The van der Waals surface area contributed by atoms with Crippen molar-refractivity contribution < 1.29 is 8.83 Å². The molecule has 1 aliphatic heterocycles. The van der Waals surface area contributed by atoms with Gasteiger partial charge in [0.15, 0.2) is 7.28 Å². The third-order valence-electron chi connectivity index (χ3n) is 16.8. The largest absolute Gasteiger partial charge is 0.456 e. The summed E-state index contributed by atoms with van der Waals surface area (Å²) in [6.07, 6.45) is 2.32. The Hall–Kier alpha value is -6.98. The van der Waals surface area contributed by atoms with Gasteiger partial charge in [-0.1, -0.05) is 141 Å². The van der Waals surface area contributed by atoms with Crippen LogP contribution in [-0.4, -0.2) is 11.8 Å². The van der Waals surface area contributed by atoms with Crippen molar-refractivity contribution in [3.05, 3.63) is 161 Å². The molecule has 332 valence electrons. The van der Waals surface area contributed by atoms with Crippen LogP contribution < -0.4 is 16.2 Å². The van der Waals surface area contributed by atoms with Crippen molar-refractivity contribution in [1.29, 1.82) is 0 Å². The molecule has 0 saturated carbocycles. The van der Waals surface area contributed by atoms with Gasteiger partial charge in [0.25, 0.3) is 0 Å². The van der Waals surface area contributed by atoms with Crippen LogP contribution in [0, 0.1) is 0 Å². The molecular formula is C63H55BN2O2. The number of nitrogens with zero attached hydrogens (tertiary/aromatic N) is 1. The molecule has 0 amide bonds. The van der Waals surface area contributed by atoms with Crippen LogP contribution >= 0.6 is 0 Å². The minimum atomic E-state index is -0.118. The molecule has 4 nitrogen and oxygen atoms in total. The lowest BCUT2D eigenvalue weighted by atomic mass is 9.58. The van der Waals surface area contributed by atoms with Crippen LogP contribution in [0.5, 0.6) is 0 Å². The van der Waals surface area contributed by atoms with Gasteiger partial charge in [0.05, 0.1) is 11.2 Å². The predicted molar refractivity (Wildman–Crippen MR) is 288 cm³/mol. The lowest BCUT2D eigenvalue weighted by molar-refractivity contribution is 0.332. The molecule has 0 atom stereocenters. The van der Waals surface area contributed by atoms with Gasteiger partial charge >= 0.3 is 0 Å². The summed E-state index contributed by atoms with van der Waals surface area (Å²) in [5, 5.41) is 11.1. The maximum atomic E-state index is 6.96. The number of hydrogen-bond donors (Lipinski definition) is 1. The first-order chi connectivity index (χ1) is 32.5. The first-order valence-corrected chi connectivity index (χ1v) is 24.7. The Morgan fingerprint density at radius 1 is 0.529 bits per heavy atom. The predicted octanol–water partition coefficient (Wildman–Crippen LogP) is 15.6.